The molecular weight excluding hydrogens is 262 g/mol. The highest BCUT2D eigenvalue weighted by atomic mass is 32.2. The second kappa shape index (κ2) is 6.70. The molecule has 19 heavy (non-hydrogen) atoms. The third-order valence-corrected chi connectivity index (χ3v) is 3.24. The number of hydrogen-bond acceptors (Lipinski definition) is 4. The fourth-order valence-electron chi connectivity index (χ4n) is 1.46. The smallest absolute Gasteiger partial charge is 0.311 e. The van der Waals surface area contributed by atoms with Crippen molar-refractivity contribution < 1.29 is 13.7 Å². The number of rotatable bonds is 5. The van der Waals surface area contributed by atoms with Gasteiger partial charge in [-0.3, -0.25) is 4.79 Å². The lowest BCUT2D eigenvalue weighted by molar-refractivity contribution is -0.135. The summed E-state index contributed by atoms with van der Waals surface area (Å²) in [6, 6.07) is 6.79. The van der Waals surface area contributed by atoms with Gasteiger partial charge in [-0.15, -0.1) is 0 Å². The Balaban J connectivity index is 2.78. The molecule has 0 aliphatic carbocycles. The quantitative estimate of drug-likeness (QED) is 0.615. The molecule has 0 N–H and O–H groups in total. The van der Waals surface area contributed by atoms with Gasteiger partial charge in [-0.1, -0.05) is 26.3 Å². The Hall–Kier alpha value is -1.36. The summed E-state index contributed by atoms with van der Waals surface area (Å²) in [6.07, 6.45) is 4.47. The molecule has 1 rings (SSSR count). The van der Waals surface area contributed by atoms with E-state index in [1.807, 2.05) is 13.8 Å². The number of esters is 1. The lowest BCUT2D eigenvalue weighted by atomic mass is 10.1. The maximum absolute atomic E-state index is 11.7. The highest BCUT2D eigenvalue weighted by Gasteiger charge is 2.10. The molecule has 5 heteroatoms. The first-order valence-corrected chi connectivity index (χ1v) is 8.61. The molecule has 0 heterocycles. The van der Waals surface area contributed by atoms with E-state index in [1.165, 1.54) is 0 Å². The normalized spacial score (nSPS) is 12.8. The van der Waals surface area contributed by atoms with Gasteiger partial charge in [0.15, 0.2) is 0 Å². The van der Waals surface area contributed by atoms with E-state index in [9.17, 15) is 9.00 Å². The van der Waals surface area contributed by atoms with Crippen molar-refractivity contribution in [3.05, 3.63) is 24.3 Å². The van der Waals surface area contributed by atoms with Crippen LogP contribution in [-0.2, 0) is 14.5 Å². The second-order valence-corrected chi connectivity index (χ2v) is 7.51. The molecule has 0 saturated heterocycles. The van der Waals surface area contributed by atoms with Gasteiger partial charge in [0, 0.05) is 34.7 Å². The Morgan fingerprint density at radius 1 is 1.42 bits per heavy atom. The van der Waals surface area contributed by atoms with Crippen molar-refractivity contribution in [1.29, 1.82) is 0 Å². The minimum atomic E-state index is -2.21. The van der Waals surface area contributed by atoms with Gasteiger partial charge >= 0.3 is 5.97 Å². The zero-order valence-corrected chi connectivity index (χ0v) is 12.7. The molecule has 0 amide bonds. The predicted molar refractivity (Wildman–Crippen MR) is 78.2 cm³/mol. The van der Waals surface area contributed by atoms with Crippen molar-refractivity contribution in [1.82, 2.24) is 0 Å². The Morgan fingerprint density at radius 3 is 2.68 bits per heavy atom. The molecule has 4 nitrogen and oxygen atoms in total. The average molecular weight is 283 g/mol. The van der Waals surface area contributed by atoms with Crippen LogP contribution in [0.15, 0.2) is 28.6 Å². The van der Waals surface area contributed by atoms with Crippen LogP contribution in [-0.4, -0.2) is 22.7 Å². The Morgan fingerprint density at radius 2 is 2.11 bits per heavy atom. The summed E-state index contributed by atoms with van der Waals surface area (Å²) in [5.74, 6) is 0.504. The van der Waals surface area contributed by atoms with E-state index in [2.05, 4.69) is 4.36 Å². The molecule has 0 aromatic heterocycles. The summed E-state index contributed by atoms with van der Waals surface area (Å²) >= 11 is 0. The van der Waals surface area contributed by atoms with Crippen LogP contribution in [0, 0.1) is 5.92 Å². The molecule has 0 fully saturated rings. The van der Waals surface area contributed by atoms with Crippen LogP contribution in [0.4, 0.5) is 5.69 Å². The van der Waals surface area contributed by atoms with Crippen molar-refractivity contribution in [3.8, 4) is 5.75 Å². The zero-order chi connectivity index (χ0) is 14.5. The number of nitrogens with zero attached hydrogens (tertiary/aromatic N) is 1. The third kappa shape index (κ3) is 6.38. The van der Waals surface area contributed by atoms with Crippen molar-refractivity contribution in [3.63, 3.8) is 0 Å². The maximum Gasteiger partial charge on any atom is 0.311 e. The first-order valence-electron chi connectivity index (χ1n) is 6.28. The maximum atomic E-state index is 11.7. The van der Waals surface area contributed by atoms with Gasteiger partial charge in [-0.25, -0.2) is 4.21 Å². The molecule has 0 aliphatic heterocycles. The lowest BCUT2D eigenvalue weighted by Crippen LogP contribution is -2.11. The summed E-state index contributed by atoms with van der Waals surface area (Å²) in [5, 5.41) is 0. The topological polar surface area (TPSA) is 55.7 Å². The zero-order valence-electron chi connectivity index (χ0n) is 11.9. The largest absolute Gasteiger partial charge is 0.426 e. The third-order valence-electron chi connectivity index (χ3n) is 2.59. The first-order chi connectivity index (χ1) is 8.80. The van der Waals surface area contributed by atoms with E-state index in [1.54, 1.807) is 36.8 Å². The van der Waals surface area contributed by atoms with Gasteiger partial charge in [0.1, 0.15) is 5.75 Å². The van der Waals surface area contributed by atoms with E-state index >= 15 is 0 Å². The summed E-state index contributed by atoms with van der Waals surface area (Å²) in [4.78, 5) is 11.7. The first kappa shape index (κ1) is 15.7. The Labute approximate surface area is 115 Å². The number of hydrogen-bond donors (Lipinski definition) is 0. The summed E-state index contributed by atoms with van der Waals surface area (Å²) in [6.45, 7) is 4.05. The molecule has 1 aromatic rings. The molecule has 0 bridgehead atoms. The van der Waals surface area contributed by atoms with E-state index in [4.69, 9.17) is 4.74 Å². The molecule has 0 saturated carbocycles. The Kier molecular flexibility index (Phi) is 5.54. The molecule has 0 radical (unpaired) electrons. The SMILES string of the molecule is CCC(C)CC(=O)Oc1cccc(N=S(C)(C)=O)c1. The molecule has 0 spiro atoms. The Bertz CT molecular complexity index is 552. The van der Waals surface area contributed by atoms with E-state index in [-0.39, 0.29) is 5.97 Å². The van der Waals surface area contributed by atoms with Gasteiger partial charge in [0.25, 0.3) is 0 Å². The number of ether oxygens (including phenoxy) is 1. The highest BCUT2D eigenvalue weighted by molar-refractivity contribution is 7.92. The van der Waals surface area contributed by atoms with Crippen molar-refractivity contribution in [2.24, 2.45) is 10.3 Å². The number of carbonyl (C=O) groups is 1. The molecule has 106 valence electrons. The fraction of sp³-hybridized carbons (Fsp3) is 0.500. The minimum absolute atomic E-state index is 0.250. The van der Waals surface area contributed by atoms with Crippen LogP contribution < -0.4 is 4.74 Å². The van der Waals surface area contributed by atoms with E-state index in [0.29, 0.717) is 23.8 Å². The van der Waals surface area contributed by atoms with Crippen LogP contribution in [0.2, 0.25) is 0 Å². The number of carbonyl (C=O) groups excluding carboxylic acids is 1. The van der Waals surface area contributed by atoms with Crippen LogP contribution in [0.5, 0.6) is 5.75 Å². The van der Waals surface area contributed by atoms with Crippen molar-refractivity contribution >= 4 is 21.4 Å². The van der Waals surface area contributed by atoms with Gasteiger partial charge < -0.3 is 4.74 Å². The van der Waals surface area contributed by atoms with Crippen LogP contribution >= 0.6 is 0 Å². The van der Waals surface area contributed by atoms with Crippen LogP contribution in [0.3, 0.4) is 0 Å². The van der Waals surface area contributed by atoms with Crippen molar-refractivity contribution in [2.45, 2.75) is 26.7 Å². The molecule has 0 aliphatic rings. The van der Waals surface area contributed by atoms with Gasteiger partial charge in [-0.05, 0) is 18.1 Å². The lowest BCUT2D eigenvalue weighted by Gasteiger charge is -2.08. The van der Waals surface area contributed by atoms with Crippen LogP contribution in [0.25, 0.3) is 0 Å². The van der Waals surface area contributed by atoms with Gasteiger partial charge in [0.05, 0.1) is 5.69 Å². The second-order valence-electron chi connectivity index (χ2n) is 4.96. The summed E-state index contributed by atoms with van der Waals surface area (Å²) < 4.78 is 20.9. The molecule has 1 aromatic carbocycles. The van der Waals surface area contributed by atoms with Crippen LogP contribution in [0.1, 0.15) is 26.7 Å². The van der Waals surface area contributed by atoms with E-state index in [0.717, 1.165) is 6.42 Å². The fourth-order valence-corrected chi connectivity index (χ4v) is 2.08. The van der Waals surface area contributed by atoms with Crippen molar-refractivity contribution in [2.75, 3.05) is 12.5 Å². The minimum Gasteiger partial charge on any atom is -0.426 e. The average Bonchev–Trinajstić information content (AvgIpc) is 2.26. The molecular formula is C14H21NO3S. The monoisotopic (exact) mass is 283 g/mol. The number of benzene rings is 1. The summed E-state index contributed by atoms with van der Waals surface area (Å²) in [7, 11) is -2.21. The molecule has 1 unspecified atom stereocenters. The van der Waals surface area contributed by atoms with Gasteiger partial charge in [-0.2, -0.15) is 4.36 Å². The molecule has 1 atom stereocenters. The highest BCUT2D eigenvalue weighted by Crippen LogP contribution is 2.22. The van der Waals surface area contributed by atoms with E-state index < -0.39 is 9.73 Å². The standard InChI is InChI=1S/C14H21NO3S/c1-5-11(2)9-14(16)18-13-8-6-7-12(10-13)15-19(3,4)17/h6-8,10-11H,5,9H2,1-4H3. The van der Waals surface area contributed by atoms with Gasteiger partial charge in [0.2, 0.25) is 0 Å². The summed E-state index contributed by atoms with van der Waals surface area (Å²) in [5.41, 5.74) is 0.559. The predicted octanol–water partition coefficient (Wildman–Crippen LogP) is 3.39.